The van der Waals surface area contributed by atoms with Crippen LogP contribution in [-0.4, -0.2) is 5.16 Å². The number of nitrogens with zero attached hydrogens (tertiary/aromatic N) is 1. The summed E-state index contributed by atoms with van der Waals surface area (Å²) in [5.74, 6) is 2.71. The molecule has 0 saturated heterocycles. The van der Waals surface area contributed by atoms with Gasteiger partial charge < -0.3 is 14.7 Å². The number of halogens is 1. The van der Waals surface area contributed by atoms with E-state index >= 15 is 0 Å². The molecule has 0 saturated carbocycles. The van der Waals surface area contributed by atoms with E-state index in [1.165, 1.54) is 0 Å². The van der Waals surface area contributed by atoms with E-state index in [1.54, 1.807) is 0 Å². The molecule has 1 aromatic carbocycles. The molecule has 4 nitrogen and oxygen atoms in total. The zero-order valence-corrected chi connectivity index (χ0v) is 13.6. The average molecular weight is 347 g/mol. The van der Waals surface area contributed by atoms with E-state index in [1.807, 2.05) is 45.0 Å². The molecular formula is C16H15BrN2O2. The van der Waals surface area contributed by atoms with Gasteiger partial charge in [-0.25, -0.2) is 0 Å². The molecule has 3 aromatic rings. The fourth-order valence-corrected chi connectivity index (χ4v) is 2.76. The number of rotatable bonds is 2. The molecule has 0 aliphatic carbocycles. The van der Waals surface area contributed by atoms with E-state index in [0.717, 1.165) is 38.2 Å². The third kappa shape index (κ3) is 2.27. The largest absolute Gasteiger partial charge is 0.466 e. The van der Waals surface area contributed by atoms with Crippen LogP contribution in [0.4, 0.5) is 5.82 Å². The minimum atomic E-state index is 0.380. The summed E-state index contributed by atoms with van der Waals surface area (Å²) in [4.78, 5) is 0. The summed E-state index contributed by atoms with van der Waals surface area (Å²) in [7, 11) is 0. The molecule has 0 atom stereocenters. The first-order valence-electron chi connectivity index (χ1n) is 6.57. The zero-order chi connectivity index (χ0) is 15.1. The predicted molar refractivity (Wildman–Crippen MR) is 86.0 cm³/mol. The number of nitrogens with two attached hydrogens (primary N) is 1. The molecule has 0 unspecified atom stereocenters. The van der Waals surface area contributed by atoms with Gasteiger partial charge in [-0.2, -0.15) is 0 Å². The van der Waals surface area contributed by atoms with Crippen LogP contribution in [0.15, 0.2) is 37.7 Å². The normalized spacial score (nSPS) is 11.0. The number of aromatic nitrogens is 1. The third-order valence-electron chi connectivity index (χ3n) is 3.64. The second-order valence-electron chi connectivity index (χ2n) is 4.99. The molecule has 2 heterocycles. The van der Waals surface area contributed by atoms with Crippen LogP contribution in [0.2, 0.25) is 0 Å². The van der Waals surface area contributed by atoms with Crippen molar-refractivity contribution < 1.29 is 8.94 Å². The Morgan fingerprint density at radius 2 is 1.67 bits per heavy atom. The number of hydrogen-bond acceptors (Lipinski definition) is 4. The minimum Gasteiger partial charge on any atom is -0.466 e. The van der Waals surface area contributed by atoms with Crippen molar-refractivity contribution >= 4 is 21.7 Å². The summed E-state index contributed by atoms with van der Waals surface area (Å²) in [6.45, 7) is 5.86. The number of anilines is 1. The summed E-state index contributed by atoms with van der Waals surface area (Å²) < 4.78 is 12.2. The van der Waals surface area contributed by atoms with Gasteiger partial charge in [0.25, 0.3) is 0 Å². The first-order valence-corrected chi connectivity index (χ1v) is 7.36. The Balaban J connectivity index is 2.24. The van der Waals surface area contributed by atoms with Gasteiger partial charge >= 0.3 is 0 Å². The predicted octanol–water partition coefficient (Wildman–Crippen LogP) is 4.87. The molecule has 0 fully saturated rings. The first kappa shape index (κ1) is 13.9. The monoisotopic (exact) mass is 346 g/mol. The molecule has 0 aliphatic rings. The van der Waals surface area contributed by atoms with E-state index in [4.69, 9.17) is 14.7 Å². The van der Waals surface area contributed by atoms with Gasteiger partial charge in [0.05, 0.1) is 11.1 Å². The van der Waals surface area contributed by atoms with Crippen LogP contribution in [0.3, 0.4) is 0 Å². The quantitative estimate of drug-likeness (QED) is 0.718. The maximum absolute atomic E-state index is 6.01. The molecule has 108 valence electrons. The molecule has 0 bridgehead atoms. The van der Waals surface area contributed by atoms with Crippen molar-refractivity contribution in [3.8, 4) is 22.5 Å². The highest BCUT2D eigenvalue weighted by Gasteiger charge is 2.23. The van der Waals surface area contributed by atoms with E-state index in [0.29, 0.717) is 11.6 Å². The Kier molecular flexibility index (Phi) is 3.37. The Labute approximate surface area is 131 Å². The lowest BCUT2D eigenvalue weighted by molar-refractivity contribution is 0.434. The van der Waals surface area contributed by atoms with Crippen LogP contribution in [0.25, 0.3) is 22.5 Å². The number of furan rings is 1. The second kappa shape index (κ2) is 5.07. The minimum absolute atomic E-state index is 0.380. The summed E-state index contributed by atoms with van der Waals surface area (Å²) in [5, 5.41) is 3.93. The van der Waals surface area contributed by atoms with Crippen LogP contribution < -0.4 is 5.73 Å². The summed E-state index contributed by atoms with van der Waals surface area (Å²) in [6, 6.07) is 7.89. The van der Waals surface area contributed by atoms with E-state index < -0.39 is 0 Å². The highest BCUT2D eigenvalue weighted by Crippen LogP contribution is 2.41. The highest BCUT2D eigenvalue weighted by atomic mass is 79.9. The molecule has 0 amide bonds. The van der Waals surface area contributed by atoms with Gasteiger partial charge in [-0.15, -0.1) is 0 Å². The fourth-order valence-electron chi connectivity index (χ4n) is 2.50. The molecule has 3 rings (SSSR count). The van der Waals surface area contributed by atoms with Crippen LogP contribution in [-0.2, 0) is 0 Å². The van der Waals surface area contributed by atoms with Crippen molar-refractivity contribution in [2.45, 2.75) is 20.8 Å². The van der Waals surface area contributed by atoms with Gasteiger partial charge in [-0.1, -0.05) is 33.2 Å². The van der Waals surface area contributed by atoms with Gasteiger partial charge in [0, 0.05) is 10.0 Å². The summed E-state index contributed by atoms with van der Waals surface area (Å²) in [6.07, 6.45) is 0. The van der Waals surface area contributed by atoms with E-state index in [9.17, 15) is 0 Å². The average Bonchev–Trinajstić information content (AvgIpc) is 2.92. The zero-order valence-electron chi connectivity index (χ0n) is 12.0. The smallest absolute Gasteiger partial charge is 0.180 e. The van der Waals surface area contributed by atoms with Crippen molar-refractivity contribution in [3.63, 3.8) is 0 Å². The number of aryl methyl sites for hydroxylation is 2. The number of nitrogen functional groups attached to an aromatic ring is 1. The summed E-state index contributed by atoms with van der Waals surface area (Å²) in [5.41, 5.74) is 9.74. The van der Waals surface area contributed by atoms with Gasteiger partial charge in [-0.3, -0.25) is 0 Å². The topological polar surface area (TPSA) is 65.2 Å². The maximum Gasteiger partial charge on any atom is 0.180 e. The highest BCUT2D eigenvalue weighted by molar-refractivity contribution is 9.10. The Morgan fingerprint density at radius 1 is 1.00 bits per heavy atom. The molecule has 21 heavy (non-hydrogen) atoms. The SMILES string of the molecule is Cc1oc(C)c(-c2onc(N)c2-c2ccc(Br)cc2)c1C. The molecule has 2 aromatic heterocycles. The lowest BCUT2D eigenvalue weighted by Crippen LogP contribution is -1.89. The standard InChI is InChI=1S/C16H15BrN2O2/c1-8-9(2)20-10(3)13(8)15-14(16(18)19-21-15)11-4-6-12(17)7-5-11/h4-7H,1-3H3,(H2,18,19). The van der Waals surface area contributed by atoms with Crippen LogP contribution >= 0.6 is 15.9 Å². The first-order chi connectivity index (χ1) is 9.99. The fraction of sp³-hybridized carbons (Fsp3) is 0.188. The Bertz CT molecular complexity index is 801. The van der Waals surface area contributed by atoms with Crippen molar-refractivity contribution in [1.29, 1.82) is 0 Å². The van der Waals surface area contributed by atoms with Crippen molar-refractivity contribution in [2.75, 3.05) is 5.73 Å². The van der Waals surface area contributed by atoms with Crippen LogP contribution in [0.1, 0.15) is 17.1 Å². The Hall–Kier alpha value is -2.01. The van der Waals surface area contributed by atoms with Crippen LogP contribution in [0.5, 0.6) is 0 Å². The third-order valence-corrected chi connectivity index (χ3v) is 4.17. The lowest BCUT2D eigenvalue weighted by atomic mass is 9.99. The molecule has 0 aliphatic heterocycles. The van der Waals surface area contributed by atoms with Gasteiger partial charge in [0.1, 0.15) is 11.5 Å². The second-order valence-corrected chi connectivity index (χ2v) is 5.91. The molecule has 0 radical (unpaired) electrons. The Morgan fingerprint density at radius 3 is 2.24 bits per heavy atom. The maximum atomic E-state index is 6.01. The van der Waals surface area contributed by atoms with Gasteiger partial charge in [0.2, 0.25) is 0 Å². The van der Waals surface area contributed by atoms with Crippen molar-refractivity contribution in [3.05, 3.63) is 45.8 Å². The number of hydrogen-bond donors (Lipinski definition) is 1. The number of benzene rings is 1. The lowest BCUT2D eigenvalue weighted by Gasteiger charge is -2.03. The van der Waals surface area contributed by atoms with Crippen molar-refractivity contribution in [2.24, 2.45) is 0 Å². The van der Waals surface area contributed by atoms with Gasteiger partial charge in [0.15, 0.2) is 11.6 Å². The van der Waals surface area contributed by atoms with E-state index in [-0.39, 0.29) is 0 Å². The van der Waals surface area contributed by atoms with Crippen molar-refractivity contribution in [1.82, 2.24) is 5.16 Å². The molecule has 2 N–H and O–H groups in total. The molecular weight excluding hydrogens is 332 g/mol. The molecule has 5 heteroatoms. The van der Waals surface area contributed by atoms with Gasteiger partial charge in [-0.05, 0) is 38.5 Å². The summed E-state index contributed by atoms with van der Waals surface area (Å²) >= 11 is 3.43. The van der Waals surface area contributed by atoms with E-state index in [2.05, 4.69) is 21.1 Å². The van der Waals surface area contributed by atoms with Crippen LogP contribution in [0, 0.1) is 20.8 Å². The molecule has 0 spiro atoms.